The third-order valence-electron chi connectivity index (χ3n) is 4.46. The maximum Gasteiger partial charge on any atom is 0.424 e. The largest absolute Gasteiger partial charge is 0.443 e. The number of carbonyl (C=O) groups is 1. The lowest BCUT2D eigenvalue weighted by molar-refractivity contribution is -0.0951. The highest BCUT2D eigenvalue weighted by Crippen LogP contribution is 2.38. The van der Waals surface area contributed by atoms with E-state index in [1.54, 1.807) is 25.1 Å². The first kappa shape index (κ1) is 25.5. The molecule has 0 spiro atoms. The van der Waals surface area contributed by atoms with Gasteiger partial charge in [-0.1, -0.05) is 54.6 Å². The Morgan fingerprint density at radius 3 is 2.03 bits per heavy atom. The van der Waals surface area contributed by atoms with E-state index in [1.165, 1.54) is 57.2 Å². The molecule has 2 rings (SSSR count). The summed E-state index contributed by atoms with van der Waals surface area (Å²) in [7, 11) is -4.58. The van der Waals surface area contributed by atoms with Gasteiger partial charge in [0.15, 0.2) is 0 Å². The zero-order chi connectivity index (χ0) is 24.3. The predicted molar refractivity (Wildman–Crippen MR) is 115 cm³/mol. The number of halogens is 3. The van der Waals surface area contributed by atoms with Crippen molar-refractivity contribution in [1.29, 1.82) is 0 Å². The van der Waals surface area contributed by atoms with Gasteiger partial charge in [0.1, 0.15) is 5.60 Å². The third-order valence-corrected chi connectivity index (χ3v) is 6.25. The summed E-state index contributed by atoms with van der Waals surface area (Å²) < 4.78 is 72.8. The average Bonchev–Trinajstić information content (AvgIpc) is 2.66. The summed E-state index contributed by atoms with van der Waals surface area (Å²) in [5, 5.41) is 0. The summed E-state index contributed by atoms with van der Waals surface area (Å²) in [4.78, 5) is 12.9. The number of benzene rings is 2. The van der Waals surface area contributed by atoms with Crippen molar-refractivity contribution in [1.82, 2.24) is 4.31 Å². The van der Waals surface area contributed by atoms with Crippen LogP contribution < -0.4 is 0 Å². The van der Waals surface area contributed by atoms with E-state index in [9.17, 15) is 26.4 Å². The van der Waals surface area contributed by atoms with Gasteiger partial charge in [-0.15, -0.1) is 0 Å². The van der Waals surface area contributed by atoms with Crippen molar-refractivity contribution in [2.75, 3.05) is 0 Å². The van der Waals surface area contributed by atoms with E-state index in [-0.39, 0.29) is 10.5 Å². The molecule has 2 aromatic carbocycles. The van der Waals surface area contributed by atoms with Crippen LogP contribution >= 0.6 is 0 Å². The van der Waals surface area contributed by atoms with E-state index in [0.29, 0.717) is 4.31 Å². The number of alkyl halides is 3. The van der Waals surface area contributed by atoms with Crippen LogP contribution in [0.3, 0.4) is 0 Å². The lowest BCUT2D eigenvalue weighted by Gasteiger charge is -2.33. The van der Waals surface area contributed by atoms with Crippen LogP contribution in [-0.2, 0) is 14.8 Å². The Kier molecular flexibility index (Phi) is 7.44. The van der Waals surface area contributed by atoms with Gasteiger partial charge >= 0.3 is 12.3 Å². The Bertz CT molecular complexity index is 1060. The quantitative estimate of drug-likeness (QED) is 0.475. The fourth-order valence-electron chi connectivity index (χ4n) is 2.88. The number of hydrogen-bond acceptors (Lipinski definition) is 4. The molecular formula is C23H26F3NO4S. The third kappa shape index (κ3) is 6.35. The fourth-order valence-corrected chi connectivity index (χ4v) is 4.36. The van der Waals surface area contributed by atoms with Crippen molar-refractivity contribution in [2.24, 2.45) is 0 Å². The topological polar surface area (TPSA) is 63.7 Å². The molecule has 0 aliphatic heterocycles. The average molecular weight is 470 g/mol. The molecule has 5 nitrogen and oxygen atoms in total. The van der Waals surface area contributed by atoms with Gasteiger partial charge in [0.25, 0.3) is 10.0 Å². The van der Waals surface area contributed by atoms with Crippen molar-refractivity contribution in [2.45, 2.75) is 56.8 Å². The Morgan fingerprint density at radius 1 is 1.03 bits per heavy atom. The van der Waals surface area contributed by atoms with Crippen LogP contribution in [0.1, 0.15) is 44.4 Å². The SMILES string of the molecule is C=C(CC(c1ccccc1)N(C(=O)OC(C)(C)C)S(=O)(=O)c1ccc(C)cc1)C(F)(F)F. The van der Waals surface area contributed by atoms with E-state index in [2.05, 4.69) is 6.58 Å². The molecule has 9 heteroatoms. The molecule has 0 saturated heterocycles. The molecule has 174 valence electrons. The molecule has 0 heterocycles. The van der Waals surface area contributed by atoms with Crippen LogP contribution in [0.5, 0.6) is 0 Å². The molecule has 2 aromatic rings. The predicted octanol–water partition coefficient (Wildman–Crippen LogP) is 6.17. The van der Waals surface area contributed by atoms with Crippen LogP contribution in [0, 0.1) is 6.92 Å². The number of hydrogen-bond donors (Lipinski definition) is 0. The second-order valence-electron chi connectivity index (χ2n) is 8.33. The Morgan fingerprint density at radius 2 is 1.56 bits per heavy atom. The number of sulfonamides is 1. The van der Waals surface area contributed by atoms with Gasteiger partial charge in [0.05, 0.1) is 10.9 Å². The standard InChI is InChI=1S/C23H26F3NO4S/c1-16-11-13-19(14-12-16)32(29,30)27(21(28)31-22(3,4)5)20(15-17(2)23(24,25)26)18-9-7-6-8-10-18/h6-14,20H,2,15H2,1,3-5H3. The van der Waals surface area contributed by atoms with Crippen LogP contribution in [0.15, 0.2) is 71.6 Å². The molecule has 0 bridgehead atoms. The number of carbonyl (C=O) groups excluding carboxylic acids is 1. The Balaban J connectivity index is 2.70. The highest BCUT2D eigenvalue weighted by Gasteiger charge is 2.42. The molecule has 0 aliphatic carbocycles. The number of ether oxygens (including phenoxy) is 1. The smallest absolute Gasteiger partial charge is 0.424 e. The lowest BCUT2D eigenvalue weighted by atomic mass is 9.99. The van der Waals surface area contributed by atoms with Crippen LogP contribution in [0.25, 0.3) is 0 Å². The van der Waals surface area contributed by atoms with Gasteiger partial charge in [-0.25, -0.2) is 13.2 Å². The number of aryl methyl sites for hydroxylation is 1. The maximum atomic E-state index is 13.5. The minimum atomic E-state index is -4.76. The molecule has 0 saturated carbocycles. The molecule has 0 radical (unpaired) electrons. The zero-order valence-corrected chi connectivity index (χ0v) is 19.1. The van der Waals surface area contributed by atoms with Crippen molar-refractivity contribution >= 4 is 16.1 Å². The van der Waals surface area contributed by atoms with Gasteiger partial charge in [-0.05, 0) is 45.4 Å². The fraction of sp³-hybridized carbons (Fsp3) is 0.348. The molecule has 0 aromatic heterocycles. The Hall–Kier alpha value is -2.81. The zero-order valence-electron chi connectivity index (χ0n) is 18.3. The number of rotatable bonds is 6. The first-order valence-electron chi connectivity index (χ1n) is 9.77. The van der Waals surface area contributed by atoms with Gasteiger partial charge < -0.3 is 4.74 Å². The first-order valence-corrected chi connectivity index (χ1v) is 11.2. The normalized spacial score (nSPS) is 13.3. The molecule has 0 N–H and O–H groups in total. The molecule has 32 heavy (non-hydrogen) atoms. The van der Waals surface area contributed by atoms with E-state index >= 15 is 0 Å². The molecule has 1 atom stereocenters. The monoisotopic (exact) mass is 469 g/mol. The number of amides is 1. The van der Waals surface area contributed by atoms with Crippen LogP contribution in [-0.4, -0.2) is 30.6 Å². The Labute approximate surface area is 186 Å². The summed E-state index contributed by atoms with van der Waals surface area (Å²) >= 11 is 0. The maximum absolute atomic E-state index is 13.5. The number of nitrogens with zero attached hydrogens (tertiary/aromatic N) is 1. The summed E-state index contributed by atoms with van der Waals surface area (Å²) in [5.41, 5.74) is -1.28. The van der Waals surface area contributed by atoms with Crippen molar-refractivity contribution < 1.29 is 31.1 Å². The van der Waals surface area contributed by atoms with Crippen molar-refractivity contribution in [3.8, 4) is 0 Å². The van der Waals surface area contributed by atoms with Crippen molar-refractivity contribution in [3.63, 3.8) is 0 Å². The summed E-state index contributed by atoms with van der Waals surface area (Å²) in [6, 6.07) is 11.8. The van der Waals surface area contributed by atoms with E-state index < -0.39 is 45.9 Å². The highest BCUT2D eigenvalue weighted by molar-refractivity contribution is 7.89. The summed E-state index contributed by atoms with van der Waals surface area (Å²) in [6.45, 7) is 9.43. The van der Waals surface area contributed by atoms with Crippen molar-refractivity contribution in [3.05, 3.63) is 77.9 Å². The lowest BCUT2D eigenvalue weighted by Crippen LogP contribution is -2.43. The molecular weight excluding hydrogens is 443 g/mol. The molecule has 1 unspecified atom stereocenters. The van der Waals surface area contributed by atoms with E-state index in [4.69, 9.17) is 4.74 Å². The van der Waals surface area contributed by atoms with Gasteiger partial charge in [0, 0.05) is 12.0 Å². The van der Waals surface area contributed by atoms with Gasteiger partial charge in [0.2, 0.25) is 0 Å². The van der Waals surface area contributed by atoms with Gasteiger partial charge in [-0.2, -0.15) is 17.5 Å². The highest BCUT2D eigenvalue weighted by atomic mass is 32.2. The second kappa shape index (κ2) is 9.36. The minimum absolute atomic E-state index is 0.194. The van der Waals surface area contributed by atoms with Gasteiger partial charge in [-0.3, -0.25) is 0 Å². The summed E-state index contributed by atoms with van der Waals surface area (Å²) in [6.07, 6.45) is -6.89. The molecule has 0 fully saturated rings. The molecule has 0 aliphatic rings. The van der Waals surface area contributed by atoms with Crippen LogP contribution in [0.4, 0.5) is 18.0 Å². The van der Waals surface area contributed by atoms with E-state index in [0.717, 1.165) is 5.56 Å². The molecule has 1 amide bonds. The van der Waals surface area contributed by atoms with E-state index in [1.807, 2.05) is 0 Å². The first-order chi connectivity index (χ1) is 14.6. The minimum Gasteiger partial charge on any atom is -0.443 e. The van der Waals surface area contributed by atoms with Crippen LogP contribution in [0.2, 0.25) is 0 Å². The second-order valence-corrected chi connectivity index (χ2v) is 10.1. The summed E-state index contributed by atoms with van der Waals surface area (Å²) in [5.74, 6) is 0.